The van der Waals surface area contributed by atoms with Gasteiger partial charge in [0.05, 0.1) is 12.8 Å². The maximum absolute atomic E-state index is 11.8. The molecule has 0 aliphatic heterocycles. The van der Waals surface area contributed by atoms with Crippen LogP contribution in [0.4, 0.5) is 0 Å². The average molecular weight is 403 g/mol. The number of amides is 1. The summed E-state index contributed by atoms with van der Waals surface area (Å²) >= 11 is 3.35. The van der Waals surface area contributed by atoms with Crippen molar-refractivity contribution in [3.63, 3.8) is 0 Å². The Morgan fingerprint density at radius 2 is 1.96 bits per heavy atom. The first-order valence-electron chi connectivity index (χ1n) is 7.61. The molecule has 2 aromatic carbocycles. The second kappa shape index (κ2) is 9.64. The van der Waals surface area contributed by atoms with Crippen molar-refractivity contribution in [1.29, 1.82) is 0 Å². The van der Waals surface area contributed by atoms with Gasteiger partial charge in [-0.25, -0.2) is 5.43 Å². The first-order valence-corrected chi connectivity index (χ1v) is 8.40. The molecule has 2 aromatic rings. The van der Waals surface area contributed by atoms with Gasteiger partial charge in [0.15, 0.2) is 18.1 Å². The van der Waals surface area contributed by atoms with E-state index < -0.39 is 0 Å². The lowest BCUT2D eigenvalue weighted by atomic mass is 10.2. The summed E-state index contributed by atoms with van der Waals surface area (Å²) in [5.41, 5.74) is 4.20. The third kappa shape index (κ3) is 6.43. The van der Waals surface area contributed by atoms with E-state index in [9.17, 15) is 4.79 Å². The average Bonchev–Trinajstić information content (AvgIpc) is 2.64. The Balaban J connectivity index is 1.85. The van der Waals surface area contributed by atoms with Gasteiger partial charge in [-0.1, -0.05) is 52.3 Å². The lowest BCUT2D eigenvalue weighted by molar-refractivity contribution is -0.123. The summed E-state index contributed by atoms with van der Waals surface area (Å²) < 4.78 is 11.5. The fraction of sp³-hybridized carbons (Fsp3) is 0.158. The number of halogens is 1. The Morgan fingerprint density at radius 1 is 1.20 bits per heavy atom. The van der Waals surface area contributed by atoms with E-state index >= 15 is 0 Å². The van der Waals surface area contributed by atoms with Crippen molar-refractivity contribution in [3.8, 4) is 11.5 Å². The summed E-state index contributed by atoms with van der Waals surface area (Å²) in [6, 6.07) is 15.2. The van der Waals surface area contributed by atoms with Crippen LogP contribution in [-0.4, -0.2) is 25.3 Å². The van der Waals surface area contributed by atoms with Gasteiger partial charge in [0.1, 0.15) is 0 Å². The third-order valence-corrected chi connectivity index (χ3v) is 3.65. The van der Waals surface area contributed by atoms with Crippen LogP contribution in [0.2, 0.25) is 0 Å². The molecule has 130 valence electrons. The highest BCUT2D eigenvalue weighted by Gasteiger charge is 2.07. The number of hydrogen-bond acceptors (Lipinski definition) is 4. The highest BCUT2D eigenvalue weighted by Crippen LogP contribution is 2.29. The van der Waals surface area contributed by atoms with Crippen molar-refractivity contribution >= 4 is 33.6 Å². The Bertz CT molecular complexity index is 773. The lowest BCUT2D eigenvalue weighted by Gasteiger charge is -2.10. The predicted molar refractivity (Wildman–Crippen MR) is 103 cm³/mol. The van der Waals surface area contributed by atoms with Crippen LogP contribution in [0, 0.1) is 0 Å². The molecule has 0 heterocycles. The molecule has 0 aromatic heterocycles. The molecule has 5 nitrogen and oxygen atoms in total. The molecule has 1 amide bonds. The Kier molecular flexibility index (Phi) is 7.22. The van der Waals surface area contributed by atoms with Gasteiger partial charge in [0.2, 0.25) is 0 Å². The second-order valence-electron chi connectivity index (χ2n) is 5.12. The summed E-state index contributed by atoms with van der Waals surface area (Å²) in [5, 5.41) is 4.02. The molecule has 0 aliphatic rings. The van der Waals surface area contributed by atoms with Crippen LogP contribution in [0.1, 0.15) is 12.5 Å². The number of methoxy groups -OCH3 is 1. The Morgan fingerprint density at radius 3 is 2.68 bits per heavy atom. The van der Waals surface area contributed by atoms with Gasteiger partial charge >= 0.3 is 0 Å². The smallest absolute Gasteiger partial charge is 0.277 e. The molecule has 0 radical (unpaired) electrons. The number of hydrazone groups is 1. The van der Waals surface area contributed by atoms with E-state index in [2.05, 4.69) is 26.5 Å². The highest BCUT2D eigenvalue weighted by atomic mass is 79.9. The molecule has 1 N–H and O–H groups in total. The van der Waals surface area contributed by atoms with Gasteiger partial charge in [-0.05, 0) is 36.8 Å². The van der Waals surface area contributed by atoms with E-state index in [-0.39, 0.29) is 12.5 Å². The zero-order valence-corrected chi connectivity index (χ0v) is 15.6. The number of nitrogens with zero attached hydrogens (tertiary/aromatic N) is 1. The summed E-state index contributed by atoms with van der Waals surface area (Å²) in [5.74, 6) is 0.690. The van der Waals surface area contributed by atoms with E-state index in [0.29, 0.717) is 17.2 Å². The standard InChI is InChI=1S/C19H19BrN2O3/c1-14(8-9-15-6-4-3-5-7-15)21-22-19(23)13-25-17-11-10-16(20)12-18(17)24-2/h3-12H,13H2,1-2H3,(H,22,23)/b9-8+,21-14-. The summed E-state index contributed by atoms with van der Waals surface area (Å²) in [6.45, 7) is 1.65. The van der Waals surface area contributed by atoms with Crippen LogP contribution in [0.15, 0.2) is 64.2 Å². The molecule has 0 bridgehead atoms. The molecule has 0 unspecified atom stereocenters. The summed E-state index contributed by atoms with van der Waals surface area (Å²) in [4.78, 5) is 11.8. The molecule has 6 heteroatoms. The minimum atomic E-state index is -0.350. The minimum Gasteiger partial charge on any atom is -0.493 e. The summed E-state index contributed by atoms with van der Waals surface area (Å²) in [6.07, 6.45) is 3.75. The monoisotopic (exact) mass is 402 g/mol. The van der Waals surface area contributed by atoms with Crippen LogP contribution in [-0.2, 0) is 4.79 Å². The molecule has 2 rings (SSSR count). The SMILES string of the molecule is COc1cc(Br)ccc1OCC(=O)N/N=C(C)\C=C\c1ccccc1. The number of rotatable bonds is 7. The normalized spacial score (nSPS) is 11.4. The topological polar surface area (TPSA) is 59.9 Å². The van der Waals surface area contributed by atoms with E-state index in [0.717, 1.165) is 10.0 Å². The number of carbonyl (C=O) groups is 1. The number of benzene rings is 2. The molecule has 0 atom stereocenters. The Labute approximate surface area is 155 Å². The number of carbonyl (C=O) groups excluding carboxylic acids is 1. The molecule has 25 heavy (non-hydrogen) atoms. The van der Waals surface area contributed by atoms with Crippen LogP contribution in [0.3, 0.4) is 0 Å². The molecule has 0 saturated heterocycles. The fourth-order valence-electron chi connectivity index (χ4n) is 1.91. The molecule has 0 fully saturated rings. The molecule has 0 saturated carbocycles. The van der Waals surface area contributed by atoms with Crippen molar-refractivity contribution in [2.75, 3.05) is 13.7 Å². The minimum absolute atomic E-state index is 0.156. The maximum Gasteiger partial charge on any atom is 0.277 e. The zero-order valence-electron chi connectivity index (χ0n) is 14.0. The lowest BCUT2D eigenvalue weighted by Crippen LogP contribution is -2.25. The highest BCUT2D eigenvalue weighted by molar-refractivity contribution is 9.10. The second-order valence-corrected chi connectivity index (χ2v) is 6.03. The van der Waals surface area contributed by atoms with Gasteiger partial charge < -0.3 is 9.47 Å². The third-order valence-electron chi connectivity index (χ3n) is 3.16. The van der Waals surface area contributed by atoms with Gasteiger partial charge in [-0.2, -0.15) is 5.10 Å². The molecular formula is C19H19BrN2O3. The van der Waals surface area contributed by atoms with E-state index in [4.69, 9.17) is 9.47 Å². The fourth-order valence-corrected chi connectivity index (χ4v) is 2.25. The molecule has 0 spiro atoms. The van der Waals surface area contributed by atoms with E-state index in [1.165, 1.54) is 0 Å². The Hall–Kier alpha value is -2.60. The van der Waals surface area contributed by atoms with Crippen molar-refractivity contribution < 1.29 is 14.3 Å². The van der Waals surface area contributed by atoms with Crippen LogP contribution in [0.5, 0.6) is 11.5 Å². The van der Waals surface area contributed by atoms with Crippen LogP contribution < -0.4 is 14.9 Å². The van der Waals surface area contributed by atoms with Gasteiger partial charge in [-0.3, -0.25) is 4.79 Å². The summed E-state index contributed by atoms with van der Waals surface area (Å²) in [7, 11) is 1.54. The first kappa shape index (κ1) is 18.7. The quantitative estimate of drug-likeness (QED) is 0.561. The van der Waals surface area contributed by atoms with Crippen LogP contribution >= 0.6 is 15.9 Å². The first-order chi connectivity index (χ1) is 12.1. The predicted octanol–water partition coefficient (Wildman–Crippen LogP) is 4.04. The van der Waals surface area contributed by atoms with Gasteiger partial charge in [0, 0.05) is 4.47 Å². The van der Waals surface area contributed by atoms with Gasteiger partial charge in [0.25, 0.3) is 5.91 Å². The van der Waals surface area contributed by atoms with Crippen molar-refractivity contribution in [3.05, 3.63) is 64.6 Å². The number of hydrogen-bond donors (Lipinski definition) is 1. The van der Waals surface area contributed by atoms with Crippen LogP contribution in [0.25, 0.3) is 6.08 Å². The largest absolute Gasteiger partial charge is 0.493 e. The number of allylic oxidation sites excluding steroid dienone is 1. The van der Waals surface area contributed by atoms with Crippen molar-refractivity contribution in [1.82, 2.24) is 5.43 Å². The number of nitrogens with one attached hydrogen (secondary N) is 1. The number of ether oxygens (including phenoxy) is 2. The van der Waals surface area contributed by atoms with E-state index in [1.54, 1.807) is 26.2 Å². The molecular weight excluding hydrogens is 384 g/mol. The van der Waals surface area contributed by atoms with Gasteiger partial charge in [-0.15, -0.1) is 0 Å². The zero-order chi connectivity index (χ0) is 18.1. The van der Waals surface area contributed by atoms with Crippen molar-refractivity contribution in [2.24, 2.45) is 5.10 Å². The van der Waals surface area contributed by atoms with Crippen molar-refractivity contribution in [2.45, 2.75) is 6.92 Å². The molecule has 0 aliphatic carbocycles. The van der Waals surface area contributed by atoms with E-state index in [1.807, 2.05) is 48.6 Å². The maximum atomic E-state index is 11.8.